The maximum Gasteiger partial charge on any atom is 0.253 e. The first kappa shape index (κ1) is 19.5. The van der Waals surface area contributed by atoms with Gasteiger partial charge < -0.3 is 24.4 Å². The lowest BCUT2D eigenvalue weighted by molar-refractivity contribution is 0.0925. The summed E-state index contributed by atoms with van der Waals surface area (Å²) < 4.78 is 16.7. The van der Waals surface area contributed by atoms with Crippen molar-refractivity contribution >= 4 is 11.7 Å². The predicted octanol–water partition coefficient (Wildman–Crippen LogP) is 2.82. The van der Waals surface area contributed by atoms with Crippen LogP contribution >= 0.6 is 0 Å². The van der Waals surface area contributed by atoms with Gasteiger partial charge in [-0.25, -0.2) is 4.98 Å². The van der Waals surface area contributed by atoms with E-state index in [0.29, 0.717) is 32.0 Å². The van der Waals surface area contributed by atoms with Crippen LogP contribution in [0.4, 0.5) is 5.82 Å². The zero-order valence-corrected chi connectivity index (χ0v) is 16.9. The fraction of sp³-hybridized carbons (Fsp3) is 0.455. The summed E-state index contributed by atoms with van der Waals surface area (Å²) in [6.07, 6.45) is 1.64. The number of carbonyl (C=O) groups excluding carboxylic acids is 1. The van der Waals surface area contributed by atoms with Gasteiger partial charge in [0.2, 0.25) is 0 Å². The number of anilines is 1. The zero-order chi connectivity index (χ0) is 20.2. The van der Waals surface area contributed by atoms with Crippen molar-refractivity contribution in [2.24, 2.45) is 5.92 Å². The molecule has 0 spiro atoms. The summed E-state index contributed by atoms with van der Waals surface area (Å²) >= 11 is 0. The Morgan fingerprint density at radius 3 is 2.48 bits per heavy atom. The number of hydrogen-bond donors (Lipinski definition) is 1. The first-order chi connectivity index (χ1) is 14.1. The van der Waals surface area contributed by atoms with Crippen molar-refractivity contribution in [3.63, 3.8) is 0 Å². The summed E-state index contributed by atoms with van der Waals surface area (Å²) in [5.74, 6) is 2.42. The number of nitrogens with zero attached hydrogens (tertiary/aromatic N) is 2. The second-order valence-electron chi connectivity index (χ2n) is 7.60. The van der Waals surface area contributed by atoms with E-state index < -0.39 is 0 Å². The molecule has 4 rings (SSSR count). The Bertz CT molecular complexity index is 848. The van der Waals surface area contributed by atoms with Gasteiger partial charge in [-0.2, -0.15) is 0 Å². The van der Waals surface area contributed by atoms with Gasteiger partial charge in [-0.1, -0.05) is 19.9 Å². The number of amides is 1. The normalized spacial score (nSPS) is 17.1. The van der Waals surface area contributed by atoms with Gasteiger partial charge in [0.05, 0.1) is 24.8 Å². The van der Waals surface area contributed by atoms with Gasteiger partial charge in [0, 0.05) is 19.3 Å². The maximum absolute atomic E-state index is 12.9. The number of morpholine rings is 1. The minimum absolute atomic E-state index is 0.139. The van der Waals surface area contributed by atoms with Crippen molar-refractivity contribution < 1.29 is 19.0 Å². The van der Waals surface area contributed by atoms with Crippen molar-refractivity contribution in [3.05, 3.63) is 47.7 Å². The number of ether oxygens (including phenoxy) is 3. The molecule has 1 amide bonds. The lowest BCUT2D eigenvalue weighted by atomic mass is 9.95. The standard InChI is InChI=1S/C22H27N3O4/c1-15(2)21(16-3-5-18-19(13-16)29-12-11-28-18)24-22(26)17-4-6-20(23-14-17)25-7-9-27-10-8-25/h3-6,13-15,21H,7-12H2,1-2H3,(H,24,26)/t21-/m0/s1. The molecule has 1 aromatic carbocycles. The maximum atomic E-state index is 12.9. The Labute approximate surface area is 171 Å². The van der Waals surface area contributed by atoms with E-state index in [1.54, 1.807) is 6.20 Å². The van der Waals surface area contributed by atoms with Gasteiger partial charge in [0.25, 0.3) is 5.91 Å². The van der Waals surface area contributed by atoms with Crippen molar-refractivity contribution in [2.45, 2.75) is 19.9 Å². The van der Waals surface area contributed by atoms with Crippen molar-refractivity contribution in [1.82, 2.24) is 10.3 Å². The van der Waals surface area contributed by atoms with Crippen LogP contribution in [-0.2, 0) is 4.74 Å². The summed E-state index contributed by atoms with van der Waals surface area (Å²) in [5, 5.41) is 3.15. The Morgan fingerprint density at radius 1 is 1.03 bits per heavy atom. The molecular formula is C22H27N3O4. The predicted molar refractivity (Wildman–Crippen MR) is 110 cm³/mol. The number of nitrogens with one attached hydrogen (secondary N) is 1. The minimum atomic E-state index is -0.141. The molecule has 2 aromatic rings. The summed E-state index contributed by atoms with van der Waals surface area (Å²) in [6.45, 7) is 8.31. The van der Waals surface area contributed by atoms with Crippen LogP contribution in [-0.4, -0.2) is 50.4 Å². The van der Waals surface area contributed by atoms with Gasteiger partial charge in [0.15, 0.2) is 11.5 Å². The lowest BCUT2D eigenvalue weighted by Crippen LogP contribution is -2.37. The molecule has 2 aliphatic heterocycles. The quantitative estimate of drug-likeness (QED) is 0.837. The van der Waals surface area contributed by atoms with Crippen LogP contribution in [0.1, 0.15) is 35.8 Å². The van der Waals surface area contributed by atoms with Crippen LogP contribution in [0.3, 0.4) is 0 Å². The topological polar surface area (TPSA) is 72.9 Å². The molecule has 1 aromatic heterocycles. The summed E-state index contributed by atoms with van der Waals surface area (Å²) in [7, 11) is 0. The molecule has 1 saturated heterocycles. The average Bonchev–Trinajstić information content (AvgIpc) is 2.77. The van der Waals surface area contributed by atoms with Crippen molar-refractivity contribution in [2.75, 3.05) is 44.4 Å². The molecule has 2 aliphatic rings. The fourth-order valence-corrected chi connectivity index (χ4v) is 3.61. The highest BCUT2D eigenvalue weighted by Gasteiger charge is 2.22. The van der Waals surface area contributed by atoms with E-state index in [2.05, 4.69) is 29.0 Å². The molecule has 0 bridgehead atoms. The Kier molecular flexibility index (Phi) is 5.85. The highest BCUT2D eigenvalue weighted by Crippen LogP contribution is 2.34. The highest BCUT2D eigenvalue weighted by molar-refractivity contribution is 5.94. The molecule has 154 valence electrons. The highest BCUT2D eigenvalue weighted by atomic mass is 16.6. The fourth-order valence-electron chi connectivity index (χ4n) is 3.61. The van der Waals surface area contributed by atoms with Crippen molar-refractivity contribution in [1.29, 1.82) is 0 Å². The van der Waals surface area contributed by atoms with Gasteiger partial charge >= 0.3 is 0 Å². The molecule has 7 nitrogen and oxygen atoms in total. The molecule has 0 radical (unpaired) electrons. The van der Waals surface area contributed by atoms with E-state index in [1.807, 2.05) is 30.3 Å². The van der Waals surface area contributed by atoms with E-state index in [9.17, 15) is 4.79 Å². The minimum Gasteiger partial charge on any atom is -0.486 e. The molecule has 0 unspecified atom stereocenters. The summed E-state index contributed by atoms with van der Waals surface area (Å²) in [5.41, 5.74) is 1.54. The first-order valence-electron chi connectivity index (χ1n) is 10.1. The number of pyridine rings is 1. The Morgan fingerprint density at radius 2 is 1.79 bits per heavy atom. The summed E-state index contributed by atoms with van der Waals surface area (Å²) in [4.78, 5) is 19.5. The number of carbonyl (C=O) groups is 1. The van der Waals surface area contributed by atoms with Gasteiger partial charge in [0.1, 0.15) is 19.0 Å². The monoisotopic (exact) mass is 397 g/mol. The van der Waals surface area contributed by atoms with E-state index >= 15 is 0 Å². The third kappa shape index (κ3) is 4.45. The van der Waals surface area contributed by atoms with Crippen LogP contribution in [0, 0.1) is 5.92 Å². The molecule has 0 saturated carbocycles. The van der Waals surface area contributed by atoms with Gasteiger partial charge in [-0.15, -0.1) is 0 Å². The smallest absolute Gasteiger partial charge is 0.253 e. The first-order valence-corrected chi connectivity index (χ1v) is 10.1. The van der Waals surface area contributed by atoms with Gasteiger partial charge in [-0.3, -0.25) is 4.79 Å². The number of hydrogen-bond acceptors (Lipinski definition) is 6. The number of fused-ring (bicyclic) bond motifs is 1. The second-order valence-corrected chi connectivity index (χ2v) is 7.60. The number of rotatable bonds is 5. The Hall–Kier alpha value is -2.80. The third-order valence-corrected chi connectivity index (χ3v) is 5.22. The van der Waals surface area contributed by atoms with E-state index in [0.717, 1.165) is 36.0 Å². The third-order valence-electron chi connectivity index (χ3n) is 5.22. The largest absolute Gasteiger partial charge is 0.486 e. The van der Waals surface area contributed by atoms with Crippen LogP contribution in [0.5, 0.6) is 11.5 Å². The van der Waals surface area contributed by atoms with Crippen LogP contribution in [0.15, 0.2) is 36.5 Å². The van der Waals surface area contributed by atoms with Crippen LogP contribution < -0.4 is 19.7 Å². The van der Waals surface area contributed by atoms with E-state index in [4.69, 9.17) is 14.2 Å². The second kappa shape index (κ2) is 8.69. The van der Waals surface area contributed by atoms with Crippen LogP contribution in [0.2, 0.25) is 0 Å². The molecule has 1 atom stereocenters. The SMILES string of the molecule is CC(C)[C@H](NC(=O)c1ccc(N2CCOCC2)nc1)c1ccc2c(c1)OCCO2. The number of aromatic nitrogens is 1. The van der Waals surface area contributed by atoms with E-state index in [1.165, 1.54) is 0 Å². The molecule has 0 aliphatic carbocycles. The zero-order valence-electron chi connectivity index (χ0n) is 16.9. The van der Waals surface area contributed by atoms with Crippen molar-refractivity contribution in [3.8, 4) is 11.5 Å². The molecule has 1 fully saturated rings. The van der Waals surface area contributed by atoms with E-state index in [-0.39, 0.29) is 17.9 Å². The lowest BCUT2D eigenvalue weighted by Gasteiger charge is -2.28. The molecule has 1 N–H and O–H groups in total. The Balaban J connectivity index is 1.47. The molecular weight excluding hydrogens is 370 g/mol. The summed E-state index contributed by atoms with van der Waals surface area (Å²) in [6, 6.07) is 9.43. The van der Waals surface area contributed by atoms with Crippen LogP contribution in [0.25, 0.3) is 0 Å². The van der Waals surface area contributed by atoms with Gasteiger partial charge in [-0.05, 0) is 35.7 Å². The molecule has 29 heavy (non-hydrogen) atoms. The molecule has 7 heteroatoms. The number of benzene rings is 1. The average molecular weight is 397 g/mol. The molecule has 3 heterocycles.